The fourth-order valence-corrected chi connectivity index (χ4v) is 3.71. The molecule has 0 unspecified atom stereocenters. The molecule has 148 valence electrons. The molecule has 2 N–H and O–H groups in total. The fraction of sp³-hybridized carbons (Fsp3) is 0.389. The number of anilines is 3. The van der Waals surface area contributed by atoms with E-state index in [0.717, 1.165) is 13.0 Å². The van der Waals surface area contributed by atoms with Gasteiger partial charge in [-0.15, -0.1) is 0 Å². The minimum Gasteiger partial charge on any atom is -0.381 e. The Labute approximate surface area is 171 Å². The molecule has 1 saturated heterocycles. The second-order valence-electron chi connectivity index (χ2n) is 6.86. The van der Waals surface area contributed by atoms with Gasteiger partial charge < -0.3 is 15.4 Å². The van der Waals surface area contributed by atoms with E-state index in [4.69, 9.17) is 27.9 Å². The zero-order chi connectivity index (χ0) is 19.8. The molecular formula is C18H19Cl2FN6O. The highest BCUT2D eigenvalue weighted by Gasteiger charge is 2.23. The van der Waals surface area contributed by atoms with E-state index in [9.17, 15) is 4.39 Å². The molecule has 2 aromatic heterocycles. The summed E-state index contributed by atoms with van der Waals surface area (Å²) in [6.45, 7) is 3.57. The van der Waals surface area contributed by atoms with E-state index in [0.29, 0.717) is 35.6 Å². The average molecular weight is 425 g/mol. The predicted octanol–water partition coefficient (Wildman–Crippen LogP) is 4.39. The first-order valence-corrected chi connectivity index (χ1v) is 9.63. The van der Waals surface area contributed by atoms with Crippen molar-refractivity contribution in [3.8, 4) is 0 Å². The molecular weight excluding hydrogens is 406 g/mol. The van der Waals surface area contributed by atoms with Gasteiger partial charge in [-0.05, 0) is 24.5 Å². The number of imidazole rings is 1. The van der Waals surface area contributed by atoms with Gasteiger partial charge in [0.25, 0.3) is 0 Å². The predicted molar refractivity (Wildman–Crippen MR) is 108 cm³/mol. The van der Waals surface area contributed by atoms with Crippen LogP contribution in [-0.2, 0) is 11.8 Å². The lowest BCUT2D eigenvalue weighted by Crippen LogP contribution is -2.36. The molecule has 0 radical (unpaired) electrons. The molecule has 7 nitrogen and oxygen atoms in total. The lowest BCUT2D eigenvalue weighted by atomic mass is 9.98. The van der Waals surface area contributed by atoms with Crippen LogP contribution in [0.15, 0.2) is 18.3 Å². The van der Waals surface area contributed by atoms with Crippen LogP contribution < -0.4 is 10.6 Å². The summed E-state index contributed by atoms with van der Waals surface area (Å²) in [4.78, 5) is 13.4. The largest absolute Gasteiger partial charge is 0.381 e. The first-order chi connectivity index (χ1) is 13.4. The molecule has 0 aliphatic carbocycles. The second kappa shape index (κ2) is 7.69. The van der Waals surface area contributed by atoms with Crippen molar-refractivity contribution in [3.63, 3.8) is 0 Å². The van der Waals surface area contributed by atoms with E-state index >= 15 is 0 Å². The molecule has 28 heavy (non-hydrogen) atoms. The highest BCUT2D eigenvalue weighted by atomic mass is 35.5. The molecule has 0 spiro atoms. The third-order valence-electron chi connectivity index (χ3n) is 4.81. The summed E-state index contributed by atoms with van der Waals surface area (Å²) in [6, 6.07) is 2.91. The van der Waals surface area contributed by atoms with Crippen molar-refractivity contribution in [2.45, 2.75) is 19.4 Å². The van der Waals surface area contributed by atoms with Crippen LogP contribution >= 0.6 is 23.2 Å². The van der Waals surface area contributed by atoms with E-state index in [1.807, 2.05) is 0 Å². The third kappa shape index (κ3) is 3.72. The first-order valence-electron chi connectivity index (χ1n) is 8.87. The fourth-order valence-electron chi connectivity index (χ4n) is 3.20. The molecule has 3 aromatic rings. The smallest absolute Gasteiger partial charge is 0.224 e. The van der Waals surface area contributed by atoms with Gasteiger partial charge in [-0.1, -0.05) is 30.1 Å². The Morgan fingerprint density at radius 3 is 2.86 bits per heavy atom. The number of ether oxygens (including phenoxy) is 1. The van der Waals surface area contributed by atoms with Crippen LogP contribution in [0.25, 0.3) is 11.2 Å². The Kier molecular flexibility index (Phi) is 5.27. The van der Waals surface area contributed by atoms with Crippen LogP contribution in [0.4, 0.5) is 22.0 Å². The summed E-state index contributed by atoms with van der Waals surface area (Å²) in [5.41, 5.74) is 1.30. The summed E-state index contributed by atoms with van der Waals surface area (Å²) < 4.78 is 21.4. The number of nitrogens with zero attached hydrogens (tertiary/aromatic N) is 4. The zero-order valence-corrected chi connectivity index (χ0v) is 16.9. The zero-order valence-electron chi connectivity index (χ0n) is 15.3. The van der Waals surface area contributed by atoms with Gasteiger partial charge in [-0.2, -0.15) is 4.98 Å². The van der Waals surface area contributed by atoms with E-state index in [1.54, 1.807) is 17.8 Å². The Balaban J connectivity index is 1.62. The minimum absolute atomic E-state index is 0.104. The molecule has 0 bridgehead atoms. The molecule has 1 fully saturated rings. The Morgan fingerprint density at radius 2 is 2.11 bits per heavy atom. The van der Waals surface area contributed by atoms with Crippen LogP contribution in [0.1, 0.15) is 13.3 Å². The number of hydrogen-bond acceptors (Lipinski definition) is 6. The van der Waals surface area contributed by atoms with Gasteiger partial charge in [0.15, 0.2) is 5.65 Å². The number of nitrogens with one attached hydrogen (secondary N) is 2. The van der Waals surface area contributed by atoms with Crippen LogP contribution in [0.3, 0.4) is 0 Å². The van der Waals surface area contributed by atoms with E-state index in [-0.39, 0.29) is 21.8 Å². The molecule has 0 saturated carbocycles. The van der Waals surface area contributed by atoms with Crippen molar-refractivity contribution >= 4 is 51.9 Å². The van der Waals surface area contributed by atoms with Crippen molar-refractivity contribution in [3.05, 3.63) is 34.2 Å². The summed E-state index contributed by atoms with van der Waals surface area (Å²) in [7, 11) is 1.78. The number of halogens is 3. The molecule has 10 heteroatoms. The van der Waals surface area contributed by atoms with Crippen molar-refractivity contribution in [1.82, 2.24) is 19.5 Å². The standard InChI is InChI=1S/C18H19Cl2FN6O/c1-9-8-28-4-3-13(9)23-17-22-7-14-16(26-17)27(2)18(24-14)25-15-11(20)5-10(19)6-12(15)21/h5-7,9,13H,3-4,8H2,1-2H3,(H,24,25)(H,22,23,26)/t9-,13-/m0/s1. The number of hydrogen-bond donors (Lipinski definition) is 2. The Bertz CT molecular complexity index is 1000. The van der Waals surface area contributed by atoms with E-state index in [2.05, 4.69) is 32.5 Å². The number of rotatable bonds is 4. The van der Waals surface area contributed by atoms with Gasteiger partial charge in [0.2, 0.25) is 11.9 Å². The maximum Gasteiger partial charge on any atom is 0.224 e. The highest BCUT2D eigenvalue weighted by Crippen LogP contribution is 2.32. The SMILES string of the molecule is C[C@H]1COCC[C@@H]1Nc1ncc2nc(Nc3c(F)cc(Cl)cc3Cl)n(C)c2n1. The lowest BCUT2D eigenvalue weighted by molar-refractivity contribution is 0.0536. The number of benzene rings is 1. The summed E-state index contributed by atoms with van der Waals surface area (Å²) in [5.74, 6) is 0.721. The lowest BCUT2D eigenvalue weighted by Gasteiger charge is -2.29. The number of aromatic nitrogens is 4. The normalized spacial score (nSPS) is 19.8. The van der Waals surface area contributed by atoms with Crippen LogP contribution in [0.2, 0.25) is 10.0 Å². The topological polar surface area (TPSA) is 76.9 Å². The Hall–Kier alpha value is -2.16. The first kappa shape index (κ1) is 19.2. The molecule has 0 amide bonds. The number of aryl methyl sites for hydroxylation is 1. The van der Waals surface area contributed by atoms with Crippen LogP contribution in [0.5, 0.6) is 0 Å². The summed E-state index contributed by atoms with van der Waals surface area (Å²) >= 11 is 11.9. The Morgan fingerprint density at radius 1 is 1.29 bits per heavy atom. The highest BCUT2D eigenvalue weighted by molar-refractivity contribution is 6.36. The van der Waals surface area contributed by atoms with Crippen molar-refractivity contribution < 1.29 is 9.13 Å². The maximum absolute atomic E-state index is 14.2. The van der Waals surface area contributed by atoms with Gasteiger partial charge in [0.1, 0.15) is 11.3 Å². The van der Waals surface area contributed by atoms with Crippen LogP contribution in [-0.4, -0.2) is 38.8 Å². The summed E-state index contributed by atoms with van der Waals surface area (Å²) in [6.07, 6.45) is 2.54. The van der Waals surface area contributed by atoms with Crippen molar-refractivity contribution in [2.24, 2.45) is 13.0 Å². The maximum atomic E-state index is 14.2. The molecule has 4 rings (SSSR count). The van der Waals surface area contributed by atoms with Gasteiger partial charge in [0, 0.05) is 24.7 Å². The molecule has 3 heterocycles. The van der Waals surface area contributed by atoms with E-state index < -0.39 is 5.82 Å². The van der Waals surface area contributed by atoms with Gasteiger partial charge in [0.05, 0.1) is 23.5 Å². The summed E-state index contributed by atoms with van der Waals surface area (Å²) in [5, 5.41) is 6.68. The molecule has 1 aliphatic rings. The van der Waals surface area contributed by atoms with Crippen molar-refractivity contribution in [2.75, 3.05) is 23.8 Å². The van der Waals surface area contributed by atoms with Crippen molar-refractivity contribution in [1.29, 1.82) is 0 Å². The third-order valence-corrected chi connectivity index (χ3v) is 5.33. The average Bonchev–Trinajstić information content (AvgIpc) is 2.96. The van der Waals surface area contributed by atoms with Gasteiger partial charge in [-0.25, -0.2) is 14.4 Å². The molecule has 2 atom stereocenters. The van der Waals surface area contributed by atoms with Crippen LogP contribution in [0, 0.1) is 11.7 Å². The van der Waals surface area contributed by atoms with E-state index in [1.165, 1.54) is 12.1 Å². The monoisotopic (exact) mass is 424 g/mol. The van der Waals surface area contributed by atoms with Gasteiger partial charge in [-0.3, -0.25) is 4.57 Å². The number of fused-ring (bicyclic) bond motifs is 1. The minimum atomic E-state index is -0.563. The second-order valence-corrected chi connectivity index (χ2v) is 7.70. The quantitative estimate of drug-likeness (QED) is 0.646. The van der Waals surface area contributed by atoms with Gasteiger partial charge >= 0.3 is 0 Å². The molecule has 1 aliphatic heterocycles. The molecule has 1 aromatic carbocycles.